The molecule has 6 heteroatoms. The molecule has 0 aromatic heterocycles. The van der Waals surface area contributed by atoms with Crippen molar-refractivity contribution in [1.29, 1.82) is 0 Å². The summed E-state index contributed by atoms with van der Waals surface area (Å²) < 4.78 is 41.2. The van der Waals surface area contributed by atoms with Crippen molar-refractivity contribution < 1.29 is 22.7 Å². The van der Waals surface area contributed by atoms with Crippen molar-refractivity contribution in [2.24, 2.45) is 23.2 Å². The summed E-state index contributed by atoms with van der Waals surface area (Å²) in [6, 6.07) is 6.42. The predicted molar refractivity (Wildman–Crippen MR) is 90.4 cm³/mol. The molecule has 4 bridgehead atoms. The third-order valence-corrected chi connectivity index (χ3v) is 6.30. The molecular weight excluding hydrogens is 343 g/mol. The van der Waals surface area contributed by atoms with Gasteiger partial charge >= 0.3 is 6.18 Å². The van der Waals surface area contributed by atoms with Crippen molar-refractivity contribution in [3.8, 4) is 5.75 Å². The number of ether oxygens (including phenoxy) is 1. The fourth-order valence-corrected chi connectivity index (χ4v) is 5.63. The molecule has 1 aromatic rings. The van der Waals surface area contributed by atoms with Gasteiger partial charge in [-0.25, -0.2) is 0 Å². The van der Waals surface area contributed by atoms with Crippen LogP contribution in [0.1, 0.15) is 44.1 Å². The van der Waals surface area contributed by atoms with Gasteiger partial charge in [-0.2, -0.15) is 13.2 Å². The molecule has 1 aromatic carbocycles. The van der Waals surface area contributed by atoms with Gasteiger partial charge in [0.2, 0.25) is 5.91 Å². The zero-order chi connectivity index (χ0) is 18.4. The Morgan fingerprint density at radius 3 is 2.08 bits per heavy atom. The summed E-state index contributed by atoms with van der Waals surface area (Å²) in [7, 11) is 0. The summed E-state index contributed by atoms with van der Waals surface area (Å²) >= 11 is 0. The van der Waals surface area contributed by atoms with Gasteiger partial charge in [0.25, 0.3) is 0 Å². The number of carbonyl (C=O) groups is 1. The number of amides is 1. The molecule has 0 spiro atoms. The second kappa shape index (κ2) is 6.46. The van der Waals surface area contributed by atoms with Crippen LogP contribution in [0.3, 0.4) is 0 Å². The van der Waals surface area contributed by atoms with Gasteiger partial charge < -0.3 is 10.1 Å². The summed E-state index contributed by atoms with van der Waals surface area (Å²) in [6.07, 6.45) is 2.62. The number of rotatable bonds is 5. The molecular formula is C20H24F3NO2. The van der Waals surface area contributed by atoms with Crippen LogP contribution in [0.4, 0.5) is 13.2 Å². The van der Waals surface area contributed by atoms with Crippen LogP contribution >= 0.6 is 0 Å². The van der Waals surface area contributed by atoms with Gasteiger partial charge in [0.15, 0.2) is 6.61 Å². The maximum atomic E-state index is 12.9. The van der Waals surface area contributed by atoms with Crippen LogP contribution in [0.25, 0.3) is 0 Å². The van der Waals surface area contributed by atoms with Gasteiger partial charge in [-0.15, -0.1) is 0 Å². The zero-order valence-corrected chi connectivity index (χ0v) is 14.6. The first kappa shape index (κ1) is 17.7. The lowest BCUT2D eigenvalue weighted by Crippen LogP contribution is -2.53. The minimum atomic E-state index is -4.34. The lowest BCUT2D eigenvalue weighted by molar-refractivity contribution is -0.153. The summed E-state index contributed by atoms with van der Waals surface area (Å²) in [4.78, 5) is 12.9. The Balaban J connectivity index is 1.32. The van der Waals surface area contributed by atoms with Gasteiger partial charge in [0, 0.05) is 12.0 Å². The summed E-state index contributed by atoms with van der Waals surface area (Å²) in [5, 5.41) is 3.07. The lowest BCUT2D eigenvalue weighted by atomic mass is 9.49. The largest absolute Gasteiger partial charge is 0.484 e. The Kier molecular flexibility index (Phi) is 4.40. The molecule has 1 amide bonds. The Morgan fingerprint density at radius 2 is 1.58 bits per heavy atom. The smallest absolute Gasteiger partial charge is 0.422 e. The predicted octanol–water partition coefficient (Wildman–Crippen LogP) is 4.46. The third-order valence-electron chi connectivity index (χ3n) is 6.30. The highest BCUT2D eigenvalue weighted by Crippen LogP contribution is 2.60. The average Bonchev–Trinajstić information content (AvgIpc) is 2.57. The van der Waals surface area contributed by atoms with Crippen LogP contribution in [-0.4, -0.2) is 18.7 Å². The maximum Gasteiger partial charge on any atom is 0.422 e. The number of carbonyl (C=O) groups excluding carboxylic acids is 1. The molecule has 0 saturated heterocycles. The third kappa shape index (κ3) is 3.69. The molecule has 3 nitrogen and oxygen atoms in total. The van der Waals surface area contributed by atoms with Crippen molar-refractivity contribution in [2.45, 2.75) is 51.2 Å². The molecule has 0 atom stereocenters. The van der Waals surface area contributed by atoms with Crippen molar-refractivity contribution in [2.75, 3.05) is 6.61 Å². The highest BCUT2D eigenvalue weighted by atomic mass is 19.4. The molecule has 4 aliphatic carbocycles. The first-order chi connectivity index (χ1) is 12.3. The van der Waals surface area contributed by atoms with E-state index in [1.165, 1.54) is 31.4 Å². The minimum absolute atomic E-state index is 0.161. The van der Waals surface area contributed by atoms with E-state index in [2.05, 4.69) is 5.32 Å². The Hall–Kier alpha value is -1.72. The van der Waals surface area contributed by atoms with E-state index < -0.39 is 12.8 Å². The Morgan fingerprint density at radius 1 is 1.04 bits per heavy atom. The Bertz CT molecular complexity index is 633. The molecule has 0 unspecified atom stereocenters. The second-order valence-electron chi connectivity index (χ2n) is 8.43. The van der Waals surface area contributed by atoms with E-state index in [0.29, 0.717) is 6.54 Å². The second-order valence-corrected chi connectivity index (χ2v) is 8.43. The van der Waals surface area contributed by atoms with Crippen LogP contribution in [0, 0.1) is 23.2 Å². The standard InChI is InChI=1S/C20H24F3NO2/c21-20(22,23)12-26-17-3-1-13(2-4-17)11-24-18(25)19-8-14-5-15(9-19)7-16(6-14)10-19/h1-4,14-16H,5-12H2,(H,24,25). The van der Waals surface area contributed by atoms with Gasteiger partial charge in [0.05, 0.1) is 0 Å². The molecule has 1 N–H and O–H groups in total. The van der Waals surface area contributed by atoms with Crippen molar-refractivity contribution >= 4 is 5.91 Å². The van der Waals surface area contributed by atoms with Gasteiger partial charge in [-0.3, -0.25) is 4.79 Å². The van der Waals surface area contributed by atoms with Gasteiger partial charge in [-0.1, -0.05) is 12.1 Å². The molecule has 0 radical (unpaired) electrons. The average molecular weight is 367 g/mol. The number of hydrogen-bond acceptors (Lipinski definition) is 2. The molecule has 4 saturated carbocycles. The summed E-state index contributed by atoms with van der Waals surface area (Å²) in [6.45, 7) is -0.894. The van der Waals surface area contributed by atoms with E-state index in [0.717, 1.165) is 42.6 Å². The molecule has 4 aliphatic rings. The fourth-order valence-electron chi connectivity index (χ4n) is 5.63. The molecule has 26 heavy (non-hydrogen) atoms. The molecule has 0 aliphatic heterocycles. The highest BCUT2D eigenvalue weighted by Gasteiger charge is 2.54. The first-order valence-electron chi connectivity index (χ1n) is 9.38. The van der Waals surface area contributed by atoms with Crippen LogP contribution < -0.4 is 10.1 Å². The van der Waals surface area contributed by atoms with Gasteiger partial charge in [0.1, 0.15) is 5.75 Å². The van der Waals surface area contributed by atoms with E-state index >= 15 is 0 Å². The van der Waals surface area contributed by atoms with Crippen LogP contribution in [0.15, 0.2) is 24.3 Å². The molecule has 142 valence electrons. The van der Waals surface area contributed by atoms with Gasteiger partial charge in [-0.05, 0) is 74.0 Å². The van der Waals surface area contributed by atoms with E-state index in [9.17, 15) is 18.0 Å². The first-order valence-corrected chi connectivity index (χ1v) is 9.38. The SMILES string of the molecule is O=C(NCc1ccc(OCC(F)(F)F)cc1)C12CC3CC(CC(C3)C1)C2. The molecule has 5 rings (SSSR count). The lowest BCUT2D eigenvalue weighted by Gasteiger charge is -2.55. The number of halogens is 3. The van der Waals surface area contributed by atoms with E-state index in [1.807, 2.05) is 0 Å². The normalized spacial score (nSPS) is 32.5. The topological polar surface area (TPSA) is 38.3 Å². The number of alkyl halides is 3. The Labute approximate surface area is 151 Å². The quantitative estimate of drug-likeness (QED) is 0.834. The highest BCUT2D eigenvalue weighted by molar-refractivity contribution is 5.83. The van der Waals surface area contributed by atoms with E-state index in [4.69, 9.17) is 4.74 Å². The van der Waals surface area contributed by atoms with E-state index in [-0.39, 0.29) is 17.1 Å². The molecule has 4 fully saturated rings. The summed E-state index contributed by atoms with van der Waals surface area (Å²) in [5.41, 5.74) is 0.687. The van der Waals surface area contributed by atoms with Crippen LogP contribution in [-0.2, 0) is 11.3 Å². The number of hydrogen-bond donors (Lipinski definition) is 1. The van der Waals surface area contributed by atoms with Crippen LogP contribution in [0.5, 0.6) is 5.75 Å². The molecule has 0 heterocycles. The van der Waals surface area contributed by atoms with Crippen molar-refractivity contribution in [3.63, 3.8) is 0 Å². The number of nitrogens with one attached hydrogen (secondary N) is 1. The fraction of sp³-hybridized carbons (Fsp3) is 0.650. The van der Waals surface area contributed by atoms with E-state index in [1.54, 1.807) is 12.1 Å². The zero-order valence-electron chi connectivity index (χ0n) is 14.6. The monoisotopic (exact) mass is 367 g/mol. The summed E-state index contributed by atoms with van der Waals surface area (Å²) in [5.74, 6) is 2.50. The van der Waals surface area contributed by atoms with Crippen molar-refractivity contribution in [1.82, 2.24) is 5.32 Å². The van der Waals surface area contributed by atoms with Crippen LogP contribution in [0.2, 0.25) is 0 Å². The van der Waals surface area contributed by atoms with Crippen molar-refractivity contribution in [3.05, 3.63) is 29.8 Å². The maximum absolute atomic E-state index is 12.9. The minimum Gasteiger partial charge on any atom is -0.484 e. The number of benzene rings is 1.